The summed E-state index contributed by atoms with van der Waals surface area (Å²) in [5.74, 6) is -0.669. The summed E-state index contributed by atoms with van der Waals surface area (Å²) < 4.78 is 3.55. The Labute approximate surface area is 168 Å². The van der Waals surface area contributed by atoms with Gasteiger partial charge < -0.3 is 16.0 Å². The van der Waals surface area contributed by atoms with Crippen molar-refractivity contribution in [3.8, 4) is 5.69 Å². The van der Waals surface area contributed by atoms with Gasteiger partial charge in [-0.05, 0) is 55.8 Å². The van der Waals surface area contributed by atoms with Gasteiger partial charge in [-0.3, -0.25) is 14.3 Å². The Morgan fingerprint density at radius 3 is 2.76 bits per heavy atom. The summed E-state index contributed by atoms with van der Waals surface area (Å²) in [5.41, 5.74) is 1.85. The summed E-state index contributed by atoms with van der Waals surface area (Å²) in [4.78, 5) is 24.4. The van der Waals surface area contributed by atoms with Gasteiger partial charge in [0, 0.05) is 30.8 Å². The molecule has 1 unspecified atom stereocenters. The van der Waals surface area contributed by atoms with Gasteiger partial charge in [0.2, 0.25) is 5.91 Å². The van der Waals surface area contributed by atoms with Gasteiger partial charge in [-0.2, -0.15) is 10.2 Å². The second-order valence-electron chi connectivity index (χ2n) is 6.91. The summed E-state index contributed by atoms with van der Waals surface area (Å²) >= 11 is 0. The first-order valence-corrected chi connectivity index (χ1v) is 9.63. The van der Waals surface area contributed by atoms with Crippen LogP contribution in [-0.4, -0.2) is 51.0 Å². The molecule has 0 spiro atoms. The SMILES string of the molecule is O=C(CNC(=O)c1ccn(C2CCCNC2)n1)Nc1ccc(-n2cccn2)cc1. The molecule has 3 heterocycles. The summed E-state index contributed by atoms with van der Waals surface area (Å²) in [7, 11) is 0. The van der Waals surface area contributed by atoms with Crippen LogP contribution in [0.5, 0.6) is 0 Å². The highest BCUT2D eigenvalue weighted by atomic mass is 16.2. The Balaban J connectivity index is 1.27. The minimum absolute atomic E-state index is 0.127. The lowest BCUT2D eigenvalue weighted by atomic mass is 10.1. The zero-order chi connectivity index (χ0) is 20.1. The van der Waals surface area contributed by atoms with Crippen LogP contribution >= 0.6 is 0 Å². The van der Waals surface area contributed by atoms with E-state index in [1.54, 1.807) is 29.1 Å². The van der Waals surface area contributed by atoms with Gasteiger partial charge in [0.1, 0.15) is 5.69 Å². The van der Waals surface area contributed by atoms with E-state index in [0.29, 0.717) is 11.4 Å². The van der Waals surface area contributed by atoms with Gasteiger partial charge in [0.25, 0.3) is 5.91 Å². The number of amides is 2. The second-order valence-corrected chi connectivity index (χ2v) is 6.91. The van der Waals surface area contributed by atoms with Crippen molar-refractivity contribution in [3.63, 3.8) is 0 Å². The van der Waals surface area contributed by atoms with Gasteiger partial charge in [-0.25, -0.2) is 4.68 Å². The minimum atomic E-state index is -0.364. The summed E-state index contributed by atoms with van der Waals surface area (Å²) in [6.45, 7) is 1.74. The molecule has 4 rings (SSSR count). The van der Waals surface area contributed by atoms with Crippen LogP contribution in [0.25, 0.3) is 5.69 Å². The molecule has 1 aliphatic rings. The molecule has 29 heavy (non-hydrogen) atoms. The lowest BCUT2D eigenvalue weighted by molar-refractivity contribution is -0.115. The van der Waals surface area contributed by atoms with E-state index in [4.69, 9.17) is 0 Å². The molecule has 1 fully saturated rings. The highest BCUT2D eigenvalue weighted by Crippen LogP contribution is 2.16. The van der Waals surface area contributed by atoms with Crippen LogP contribution < -0.4 is 16.0 Å². The molecule has 0 aliphatic carbocycles. The molecule has 1 aliphatic heterocycles. The predicted octanol–water partition coefficient (Wildman–Crippen LogP) is 1.36. The molecule has 1 aromatic carbocycles. The highest BCUT2D eigenvalue weighted by molar-refractivity contribution is 5.98. The van der Waals surface area contributed by atoms with Crippen LogP contribution in [-0.2, 0) is 4.79 Å². The highest BCUT2D eigenvalue weighted by Gasteiger charge is 2.18. The van der Waals surface area contributed by atoms with Crippen molar-refractivity contribution in [2.45, 2.75) is 18.9 Å². The molecular weight excluding hydrogens is 370 g/mol. The average molecular weight is 393 g/mol. The van der Waals surface area contributed by atoms with E-state index in [-0.39, 0.29) is 24.4 Å². The molecule has 2 aromatic heterocycles. The number of rotatable bonds is 6. The number of carbonyl (C=O) groups is 2. The first-order valence-electron chi connectivity index (χ1n) is 9.63. The van der Waals surface area contributed by atoms with E-state index < -0.39 is 0 Å². The van der Waals surface area contributed by atoms with Crippen molar-refractivity contribution in [2.75, 3.05) is 25.0 Å². The van der Waals surface area contributed by atoms with Crippen molar-refractivity contribution < 1.29 is 9.59 Å². The third-order valence-electron chi connectivity index (χ3n) is 4.82. The molecule has 1 saturated heterocycles. The molecule has 3 N–H and O–H groups in total. The molecule has 9 heteroatoms. The second kappa shape index (κ2) is 8.70. The maximum Gasteiger partial charge on any atom is 0.272 e. The van der Waals surface area contributed by atoms with E-state index >= 15 is 0 Å². The Morgan fingerprint density at radius 1 is 1.17 bits per heavy atom. The zero-order valence-corrected chi connectivity index (χ0v) is 15.9. The van der Waals surface area contributed by atoms with E-state index in [2.05, 4.69) is 26.1 Å². The Morgan fingerprint density at radius 2 is 2.03 bits per heavy atom. The molecular formula is C20H23N7O2. The fourth-order valence-corrected chi connectivity index (χ4v) is 3.30. The van der Waals surface area contributed by atoms with Gasteiger partial charge in [0.05, 0.1) is 18.3 Å². The molecule has 1 atom stereocenters. The Hall–Kier alpha value is -3.46. The number of hydrogen-bond acceptors (Lipinski definition) is 5. The monoisotopic (exact) mass is 393 g/mol. The third kappa shape index (κ3) is 4.69. The predicted molar refractivity (Wildman–Crippen MR) is 108 cm³/mol. The molecule has 2 amide bonds. The van der Waals surface area contributed by atoms with E-state index in [9.17, 15) is 9.59 Å². The van der Waals surface area contributed by atoms with E-state index in [1.807, 2.05) is 35.3 Å². The Bertz CT molecular complexity index is 957. The van der Waals surface area contributed by atoms with Crippen molar-refractivity contribution in [2.24, 2.45) is 0 Å². The smallest absolute Gasteiger partial charge is 0.272 e. The van der Waals surface area contributed by atoms with Crippen LogP contribution in [0.4, 0.5) is 5.69 Å². The number of anilines is 1. The first-order chi connectivity index (χ1) is 14.2. The van der Waals surface area contributed by atoms with E-state index in [0.717, 1.165) is 31.6 Å². The lowest BCUT2D eigenvalue weighted by Crippen LogP contribution is -2.34. The van der Waals surface area contributed by atoms with Crippen LogP contribution in [0.2, 0.25) is 0 Å². The van der Waals surface area contributed by atoms with Gasteiger partial charge >= 0.3 is 0 Å². The van der Waals surface area contributed by atoms with Crippen molar-refractivity contribution in [1.29, 1.82) is 0 Å². The third-order valence-corrected chi connectivity index (χ3v) is 4.82. The summed E-state index contributed by atoms with van der Waals surface area (Å²) in [5, 5.41) is 17.2. The standard InChI is InChI=1S/C20H23N7O2/c28-19(24-15-4-6-16(7-5-15)26-11-2-10-23-26)14-22-20(29)18-8-12-27(25-18)17-3-1-9-21-13-17/h2,4-8,10-12,17,21H,1,3,9,13-14H2,(H,22,29)(H,24,28). The largest absolute Gasteiger partial charge is 0.342 e. The molecule has 0 radical (unpaired) electrons. The van der Waals surface area contributed by atoms with Crippen LogP contribution in [0, 0.1) is 0 Å². The minimum Gasteiger partial charge on any atom is -0.342 e. The molecule has 0 saturated carbocycles. The summed E-state index contributed by atoms with van der Waals surface area (Å²) in [6.07, 6.45) is 7.49. The first kappa shape index (κ1) is 18.9. The van der Waals surface area contributed by atoms with Crippen molar-refractivity contribution in [1.82, 2.24) is 30.2 Å². The lowest BCUT2D eigenvalue weighted by Gasteiger charge is -2.22. The van der Waals surface area contributed by atoms with Gasteiger partial charge in [0.15, 0.2) is 0 Å². The summed E-state index contributed by atoms with van der Waals surface area (Å²) in [6, 6.07) is 11.1. The topological polar surface area (TPSA) is 106 Å². The number of nitrogens with zero attached hydrogens (tertiary/aromatic N) is 4. The van der Waals surface area contributed by atoms with Crippen molar-refractivity contribution >= 4 is 17.5 Å². The number of carbonyl (C=O) groups excluding carboxylic acids is 2. The molecule has 9 nitrogen and oxygen atoms in total. The van der Waals surface area contributed by atoms with E-state index in [1.165, 1.54) is 0 Å². The number of hydrogen-bond donors (Lipinski definition) is 3. The number of benzene rings is 1. The van der Waals surface area contributed by atoms with Crippen LogP contribution in [0.15, 0.2) is 55.0 Å². The quantitative estimate of drug-likeness (QED) is 0.586. The molecule has 3 aromatic rings. The zero-order valence-electron chi connectivity index (χ0n) is 15.9. The molecule has 150 valence electrons. The number of nitrogens with one attached hydrogen (secondary N) is 3. The van der Waals surface area contributed by atoms with Crippen LogP contribution in [0.3, 0.4) is 0 Å². The maximum absolute atomic E-state index is 12.3. The Kier molecular flexibility index (Phi) is 5.66. The van der Waals surface area contributed by atoms with Crippen molar-refractivity contribution in [3.05, 3.63) is 60.7 Å². The fraction of sp³-hybridized carbons (Fsp3) is 0.300. The normalized spacial score (nSPS) is 16.3. The number of piperidine rings is 1. The maximum atomic E-state index is 12.3. The average Bonchev–Trinajstić information content (AvgIpc) is 3.46. The molecule has 0 bridgehead atoms. The number of aromatic nitrogens is 4. The van der Waals surface area contributed by atoms with Crippen LogP contribution in [0.1, 0.15) is 29.4 Å². The van der Waals surface area contributed by atoms with Gasteiger partial charge in [-0.15, -0.1) is 0 Å². The van der Waals surface area contributed by atoms with Gasteiger partial charge in [-0.1, -0.05) is 0 Å². The fourth-order valence-electron chi connectivity index (χ4n) is 3.30.